The second kappa shape index (κ2) is 8.49. The quantitative estimate of drug-likeness (QED) is 0.240. The number of imidazole rings is 1. The minimum absolute atomic E-state index is 0.0615. The molecule has 0 saturated carbocycles. The van der Waals surface area contributed by atoms with Crippen molar-refractivity contribution < 1.29 is 60.5 Å². The molecule has 3 unspecified atom stereocenters. The third-order valence-corrected chi connectivity index (χ3v) is 8.59. The lowest BCUT2D eigenvalue weighted by Gasteiger charge is -2.25. The fraction of sp³-hybridized carbons (Fsp3) is 0.500. The lowest BCUT2D eigenvalue weighted by atomic mass is 10.1. The van der Waals surface area contributed by atoms with E-state index in [4.69, 9.17) is 19.9 Å². The molecule has 2 aromatic heterocycles. The summed E-state index contributed by atoms with van der Waals surface area (Å²) in [6, 6.07) is 0. The second-order valence-electron chi connectivity index (χ2n) is 6.28. The summed E-state index contributed by atoms with van der Waals surface area (Å²) in [5, 5.41) is 20.7. The van der Waals surface area contributed by atoms with Gasteiger partial charge in [-0.3, -0.25) is 9.09 Å². The van der Waals surface area contributed by atoms with Gasteiger partial charge in [0.05, 0.1) is 12.9 Å². The molecule has 0 amide bonds. The van der Waals surface area contributed by atoms with E-state index in [1.807, 2.05) is 0 Å². The summed E-state index contributed by atoms with van der Waals surface area (Å²) in [4.78, 5) is 30.3. The number of fused-ring (bicyclic) bond motifs is 1. The first-order chi connectivity index (χ1) is 14.9. The van der Waals surface area contributed by atoms with Crippen LogP contribution in [-0.4, -0.2) is 72.1 Å². The van der Waals surface area contributed by atoms with E-state index in [0.29, 0.717) is 0 Å². The predicted octanol–water partition coefficient (Wildman–Crippen LogP) is -1.03. The number of aromatic nitrogens is 4. The van der Waals surface area contributed by atoms with Gasteiger partial charge >= 0.3 is 31.2 Å². The number of rotatable bonds is 4. The molecule has 18 nitrogen and oxygen atoms in total. The van der Waals surface area contributed by atoms with Crippen LogP contribution in [0.2, 0.25) is 0 Å². The SMILES string of the molecule is Nc1ncnc2c1ncn2[C@@H]1O[C@H](COP2(=O)O[B]OP(=O)(O)OP(=O)(O)O2)[C@@H](O)[C@H]1O. The molecule has 7 atom stereocenters. The molecule has 2 saturated heterocycles. The Morgan fingerprint density at radius 1 is 1.09 bits per heavy atom. The number of ether oxygens (including phenoxy) is 1. The summed E-state index contributed by atoms with van der Waals surface area (Å²) in [6.45, 7) is -0.805. The van der Waals surface area contributed by atoms with Crippen LogP contribution in [0.1, 0.15) is 6.23 Å². The summed E-state index contributed by atoms with van der Waals surface area (Å²) in [5.74, 6) is 0.0693. The largest absolute Gasteiger partial charge is 0.505 e. The van der Waals surface area contributed by atoms with Crippen LogP contribution in [0.4, 0.5) is 5.82 Å². The predicted molar refractivity (Wildman–Crippen MR) is 99.0 cm³/mol. The van der Waals surface area contributed by atoms with E-state index in [0.717, 1.165) is 6.33 Å². The molecule has 22 heteroatoms. The van der Waals surface area contributed by atoms with Gasteiger partial charge in [-0.2, -0.15) is 8.62 Å². The van der Waals surface area contributed by atoms with Gasteiger partial charge in [-0.15, -0.1) is 0 Å². The molecule has 2 aliphatic heterocycles. The second-order valence-corrected chi connectivity index (χ2v) is 11.0. The average Bonchev–Trinajstić information content (AvgIpc) is 3.21. The molecular weight excluding hydrogens is 502 g/mol. The van der Waals surface area contributed by atoms with Crippen LogP contribution in [0.5, 0.6) is 0 Å². The Balaban J connectivity index is 1.48. The Morgan fingerprint density at radius 2 is 1.84 bits per heavy atom. The minimum Gasteiger partial charge on any atom is -0.387 e. The van der Waals surface area contributed by atoms with E-state index in [-0.39, 0.29) is 24.7 Å². The Labute approximate surface area is 178 Å². The lowest BCUT2D eigenvalue weighted by Crippen LogP contribution is -2.33. The molecule has 1 radical (unpaired) electrons. The van der Waals surface area contributed by atoms with Crippen LogP contribution in [0.25, 0.3) is 11.2 Å². The zero-order chi connectivity index (χ0) is 23.3. The molecule has 6 N–H and O–H groups in total. The van der Waals surface area contributed by atoms with E-state index in [9.17, 15) is 28.8 Å². The third-order valence-electron chi connectivity index (χ3n) is 4.15. The Kier molecular flexibility index (Phi) is 6.32. The van der Waals surface area contributed by atoms with Crippen LogP contribution >= 0.6 is 23.5 Å². The van der Waals surface area contributed by atoms with Crippen molar-refractivity contribution in [3.05, 3.63) is 12.7 Å². The highest BCUT2D eigenvalue weighted by Crippen LogP contribution is 2.71. The van der Waals surface area contributed by atoms with Gasteiger partial charge in [0.2, 0.25) is 0 Å². The van der Waals surface area contributed by atoms with Crippen LogP contribution < -0.4 is 5.73 Å². The van der Waals surface area contributed by atoms with Crippen molar-refractivity contribution in [2.75, 3.05) is 12.3 Å². The average molecular weight is 516 g/mol. The van der Waals surface area contributed by atoms with Gasteiger partial charge in [0, 0.05) is 0 Å². The van der Waals surface area contributed by atoms with E-state index < -0.39 is 54.6 Å². The molecule has 2 aromatic rings. The molecule has 4 rings (SSSR count). The molecule has 4 heterocycles. The lowest BCUT2D eigenvalue weighted by molar-refractivity contribution is -0.0502. The maximum Gasteiger partial charge on any atom is 0.505 e. The van der Waals surface area contributed by atoms with Crippen LogP contribution in [-0.2, 0) is 40.5 Å². The van der Waals surface area contributed by atoms with Crippen molar-refractivity contribution >= 4 is 48.1 Å². The van der Waals surface area contributed by atoms with Crippen LogP contribution in [0, 0.1) is 0 Å². The summed E-state index contributed by atoms with van der Waals surface area (Å²) in [5.41, 5.74) is 6.11. The molecule has 0 aromatic carbocycles. The summed E-state index contributed by atoms with van der Waals surface area (Å²) < 4.78 is 63.6. The van der Waals surface area contributed by atoms with Crippen LogP contribution in [0.3, 0.4) is 0 Å². The maximum atomic E-state index is 12.5. The normalized spacial score (nSPS) is 40.6. The van der Waals surface area contributed by atoms with Gasteiger partial charge in [0.15, 0.2) is 17.7 Å². The number of phosphoric acid groups is 3. The molecule has 2 aliphatic rings. The zero-order valence-corrected chi connectivity index (χ0v) is 18.1. The number of aliphatic hydroxyl groups excluding tert-OH is 2. The first kappa shape index (κ1) is 23.8. The van der Waals surface area contributed by atoms with Gasteiger partial charge in [-0.1, -0.05) is 0 Å². The molecule has 175 valence electrons. The Bertz CT molecular complexity index is 1160. The molecular formula is C10H14BN5O13P3. The number of hydrogen-bond donors (Lipinski definition) is 5. The molecule has 0 aliphatic carbocycles. The van der Waals surface area contributed by atoms with Crippen molar-refractivity contribution in [3.8, 4) is 0 Å². The first-order valence-corrected chi connectivity index (χ1v) is 12.8. The summed E-state index contributed by atoms with van der Waals surface area (Å²) in [7, 11) is -15.4. The van der Waals surface area contributed by atoms with Crippen molar-refractivity contribution in [1.82, 2.24) is 19.5 Å². The summed E-state index contributed by atoms with van der Waals surface area (Å²) >= 11 is 0. The topological polar surface area (TPSA) is 257 Å². The number of nitrogen functional groups attached to an aromatic ring is 1. The Hall–Kier alpha value is -1.30. The van der Waals surface area contributed by atoms with Gasteiger partial charge in [0.1, 0.15) is 30.2 Å². The van der Waals surface area contributed by atoms with Gasteiger partial charge < -0.3 is 39.4 Å². The van der Waals surface area contributed by atoms with E-state index in [1.165, 1.54) is 10.9 Å². The molecule has 0 bridgehead atoms. The van der Waals surface area contributed by atoms with Crippen molar-refractivity contribution in [2.45, 2.75) is 24.5 Å². The fourth-order valence-electron chi connectivity index (χ4n) is 2.81. The zero-order valence-electron chi connectivity index (χ0n) is 15.4. The van der Waals surface area contributed by atoms with Crippen molar-refractivity contribution in [3.63, 3.8) is 0 Å². The fourth-order valence-corrected chi connectivity index (χ4v) is 6.50. The Morgan fingerprint density at radius 3 is 2.59 bits per heavy atom. The smallest absolute Gasteiger partial charge is 0.387 e. The third kappa shape index (κ3) is 4.81. The standard InChI is InChI=1S/C10H14BN5O13P3/c12-8-5-9(14-2-13-8)16(3-15-5)10-7(18)6(17)4(25-10)1-24-32(23)27-11-26-30(19,20)28-31(21,22)29-32/h2-4,6-7,10,17-18H,1H2,(H,19,20)(H,21,22)(H2,12,13,14)/t4-,6-,7-,10-,32?/m1/s1. The van der Waals surface area contributed by atoms with Crippen LogP contribution in [0.15, 0.2) is 12.7 Å². The maximum absolute atomic E-state index is 12.5. The number of nitrogens with two attached hydrogens (primary N) is 1. The van der Waals surface area contributed by atoms with E-state index in [1.54, 1.807) is 0 Å². The summed E-state index contributed by atoms with van der Waals surface area (Å²) in [6.07, 6.45) is -3.35. The molecule has 0 spiro atoms. The highest BCUT2D eigenvalue weighted by Gasteiger charge is 2.49. The van der Waals surface area contributed by atoms with E-state index in [2.05, 4.69) is 32.5 Å². The monoisotopic (exact) mass is 516 g/mol. The van der Waals surface area contributed by atoms with Crippen molar-refractivity contribution in [2.24, 2.45) is 0 Å². The number of hydrogen-bond acceptors (Lipinski definition) is 15. The van der Waals surface area contributed by atoms with Gasteiger partial charge in [0.25, 0.3) is 0 Å². The van der Waals surface area contributed by atoms with Gasteiger partial charge in [-0.25, -0.2) is 28.6 Å². The number of anilines is 1. The van der Waals surface area contributed by atoms with Gasteiger partial charge in [-0.05, 0) is 0 Å². The molecule has 32 heavy (non-hydrogen) atoms. The highest BCUT2D eigenvalue weighted by atomic mass is 31.3. The van der Waals surface area contributed by atoms with E-state index >= 15 is 0 Å². The van der Waals surface area contributed by atoms with Crippen molar-refractivity contribution in [1.29, 1.82) is 0 Å². The highest BCUT2D eigenvalue weighted by molar-refractivity contribution is 7.68. The molecule has 2 fully saturated rings. The number of aliphatic hydroxyl groups is 2. The minimum atomic E-state index is -5.44. The first-order valence-electron chi connectivity index (χ1n) is 8.36. The number of nitrogens with zero attached hydrogens (tertiary/aromatic N) is 4.